The average Bonchev–Trinajstić information content (AvgIpc) is 1.73. The van der Waals surface area contributed by atoms with Crippen molar-refractivity contribution < 1.29 is 55.2 Å². The summed E-state index contributed by atoms with van der Waals surface area (Å²) >= 11 is 45.4. The number of thiazole rings is 6. The van der Waals surface area contributed by atoms with Crippen LogP contribution in [0.2, 0.25) is 30.1 Å². The summed E-state index contributed by atoms with van der Waals surface area (Å²) in [6.07, 6.45) is 0. The number of anilines is 9. The van der Waals surface area contributed by atoms with Crippen molar-refractivity contribution >= 4 is 309 Å². The van der Waals surface area contributed by atoms with Gasteiger partial charge in [0.15, 0.2) is 15.4 Å². The van der Waals surface area contributed by atoms with E-state index in [9.17, 15) is 50.5 Å². The monoisotopic (exact) mass is 2300 g/mol. The molecule has 0 radical (unpaired) electrons. The van der Waals surface area contributed by atoms with Gasteiger partial charge in [0.05, 0.1) is 136 Å². The minimum absolute atomic E-state index is 0.135. The molecule has 0 spiro atoms. The zero-order chi connectivity index (χ0) is 105. The van der Waals surface area contributed by atoms with Gasteiger partial charge in [-0.15, -0.1) is 34.0 Å². The SMILES string of the molecule is CCN(CC)c1nc2cc(NS(=O)(=O)c3cccc(Cl)c3C)ccc2s1.CCN(CC)c1nc2ccc(NS(=O)(=O)c3cccc(Cl)c3C)cc2s1.CNc1nc2cc(NS(=O)(=O)c3cccc(Cl)c3C)ccc2s1.COc1ccc2nc(C)sc2c1NS(=O)(=O)c1cccc(Cl)c1C.Cc1nc2c(NS(=O)(=O)c3cccc(Cl)c3C)c(C)ccc2s1.Cc1nc2ccc(C)c(NS(=O)(=O)c3cccc(Cl)c3C)c2s1. The third-order valence-electron chi connectivity index (χ3n) is 22.5. The van der Waals surface area contributed by atoms with E-state index in [2.05, 4.69) is 101 Å². The quantitative estimate of drug-likeness (QED) is 0.0265. The Bertz CT molecular complexity index is 8370. The van der Waals surface area contributed by atoms with Crippen LogP contribution in [-0.4, -0.2) is 121 Å². The molecule has 7 N–H and O–H groups in total. The highest BCUT2D eigenvalue weighted by Crippen LogP contribution is 2.43. The number of rotatable bonds is 26. The van der Waals surface area contributed by atoms with Crippen molar-refractivity contribution in [3.8, 4) is 5.75 Å². The standard InChI is InChI=1S/2C18H20ClN3O2S2.C16H15ClN2O3S2.2C16H15ClN2O2S2.C15H14ClN3O2S2/c1-4-22(5-2)18-20-15-11-13(9-10-16(15)25-18)21-26(23,24)17-8-6-7-14(19)12(17)3;1-4-22(5-2)18-20-15-10-9-13(11-16(15)25-18)21-26(23,24)17-8-6-7-14(19)12(17)3;1-9-11(17)5-4-6-14(9)24(20,21)19-15-13(22-3)8-7-12-16(15)23-10(2)18-12;1-9-7-8-13-16(18-11(3)22-13)15(9)19-23(20,21)14-6-4-5-12(17)10(14)2;1-9-7-8-13-16(22-11(3)18-13)15(9)19-23(20,21)14-6-4-5-12(17)10(14)2;1-9-11(16)4-3-5-14(9)23(20,21)19-10-6-7-13-12(8-10)18-15(17-2)22-13/h2*6-11,21H,4-5H2,1-3H3;4-8,19H,1-3H3;2*4-8,19H,1-3H3;3-8,19H,1-2H3,(H,17,18). The highest BCUT2D eigenvalue weighted by Gasteiger charge is 2.29. The molecule has 46 heteroatoms. The molecule has 0 fully saturated rings. The van der Waals surface area contributed by atoms with Crippen LogP contribution >= 0.6 is 138 Å². The lowest BCUT2D eigenvalue weighted by molar-refractivity contribution is 0.417. The second kappa shape index (κ2) is 46.9. The summed E-state index contributed by atoms with van der Waals surface area (Å²) in [7, 11) is -19.1. The fraction of sp³-hybridized carbons (Fsp3) is 0.212. The van der Waals surface area contributed by atoms with Crippen LogP contribution in [0.5, 0.6) is 5.75 Å². The number of nitrogens with one attached hydrogen (secondary N) is 7. The molecule has 145 heavy (non-hydrogen) atoms. The second-order valence-electron chi connectivity index (χ2n) is 32.4. The third-order valence-corrected chi connectivity index (χ3v) is 40.2. The number of aromatic nitrogens is 6. The number of methoxy groups -OCH3 is 1. The van der Waals surface area contributed by atoms with Gasteiger partial charge in [0.2, 0.25) is 0 Å². The number of halogens is 6. The number of hydrogen-bond donors (Lipinski definition) is 7. The summed E-state index contributed by atoms with van der Waals surface area (Å²) in [5, 5.41) is 10.8. The van der Waals surface area contributed by atoms with E-state index >= 15 is 0 Å². The van der Waals surface area contributed by atoms with Crippen LogP contribution in [0.15, 0.2) is 230 Å². The Balaban J connectivity index is 0.000000146. The minimum Gasteiger partial charge on any atom is -0.495 e. The van der Waals surface area contributed by atoms with Crippen molar-refractivity contribution in [1.29, 1.82) is 0 Å². The molecule has 0 saturated heterocycles. The van der Waals surface area contributed by atoms with Gasteiger partial charge >= 0.3 is 0 Å². The van der Waals surface area contributed by atoms with Crippen LogP contribution in [0.1, 0.15) is 87.2 Å². The van der Waals surface area contributed by atoms with Crippen molar-refractivity contribution in [1.82, 2.24) is 29.9 Å². The number of ether oxygens (including phenoxy) is 1. The van der Waals surface area contributed by atoms with Crippen molar-refractivity contribution in [3.63, 3.8) is 0 Å². The minimum atomic E-state index is -3.82. The van der Waals surface area contributed by atoms with Crippen LogP contribution in [0.25, 0.3) is 61.3 Å². The predicted molar refractivity (Wildman–Crippen MR) is 607 cm³/mol. The van der Waals surface area contributed by atoms with Gasteiger partial charge in [-0.25, -0.2) is 80.4 Å². The maximum absolute atomic E-state index is 12.9. The molecule has 0 aliphatic rings. The Morgan fingerprint density at radius 1 is 0.297 bits per heavy atom. The van der Waals surface area contributed by atoms with E-state index in [1.807, 2.05) is 83.1 Å². The Morgan fingerprint density at radius 2 is 0.607 bits per heavy atom. The van der Waals surface area contributed by atoms with Crippen molar-refractivity contribution in [2.45, 2.75) is 133 Å². The summed E-state index contributed by atoms with van der Waals surface area (Å²) in [5.74, 6) is 0.439. The van der Waals surface area contributed by atoms with Crippen molar-refractivity contribution in [3.05, 3.63) is 290 Å². The topological polar surface area (TPSA) is 382 Å². The lowest BCUT2D eigenvalue weighted by atomic mass is 10.2. The number of sulfonamides is 6. The largest absolute Gasteiger partial charge is 0.495 e. The van der Waals surface area contributed by atoms with Crippen LogP contribution in [0.3, 0.4) is 0 Å². The first-order valence-corrected chi connectivity index (χ1v) is 60.3. The summed E-state index contributed by atoms with van der Waals surface area (Å²) in [6.45, 7) is 31.4. The molecule has 0 aliphatic carbocycles. The van der Waals surface area contributed by atoms with Crippen molar-refractivity contribution in [2.75, 3.05) is 83.8 Å². The lowest BCUT2D eigenvalue weighted by Gasteiger charge is -2.16. The highest BCUT2D eigenvalue weighted by molar-refractivity contribution is 7.94. The fourth-order valence-electron chi connectivity index (χ4n) is 14.8. The van der Waals surface area contributed by atoms with Gasteiger partial charge in [-0.1, -0.05) is 152 Å². The second-order valence-corrected chi connectivity index (χ2v) is 51.4. The summed E-state index contributed by atoms with van der Waals surface area (Å²) in [5.41, 5.74) is 12.3. The molecule has 0 saturated carbocycles. The van der Waals surface area contributed by atoms with Crippen LogP contribution in [0.4, 0.5) is 49.5 Å². The van der Waals surface area contributed by atoms with E-state index in [-0.39, 0.29) is 29.4 Å². The van der Waals surface area contributed by atoms with Gasteiger partial charge in [-0.3, -0.25) is 28.3 Å². The molecule has 762 valence electrons. The van der Waals surface area contributed by atoms with E-state index in [0.29, 0.717) is 109 Å². The Morgan fingerprint density at radius 3 is 1.01 bits per heavy atom. The smallest absolute Gasteiger partial charge is 0.262 e. The molecule has 0 unspecified atom stereocenters. The molecule has 6 aromatic heterocycles. The summed E-state index contributed by atoms with van der Waals surface area (Å²) < 4.78 is 180. The van der Waals surface area contributed by atoms with E-state index in [4.69, 9.17) is 74.3 Å². The first-order valence-electron chi connectivity index (χ1n) is 44.3. The zero-order valence-electron chi connectivity index (χ0n) is 80.9. The molecular formula is C99H99Cl6N15O13S12. The third kappa shape index (κ3) is 26.0. The molecule has 18 aromatic rings. The maximum Gasteiger partial charge on any atom is 0.262 e. The molecule has 12 aromatic carbocycles. The summed E-state index contributed by atoms with van der Waals surface area (Å²) in [6, 6.07) is 56.2. The molecule has 18 rings (SSSR count). The molecule has 0 bridgehead atoms. The van der Waals surface area contributed by atoms with Crippen LogP contribution in [0, 0.1) is 76.2 Å². The van der Waals surface area contributed by atoms with E-state index in [1.165, 1.54) is 64.6 Å². The molecule has 6 heterocycles. The average molecular weight is 2300 g/mol. The fourth-order valence-corrected chi connectivity index (χ4v) is 30.2. The highest BCUT2D eigenvalue weighted by atomic mass is 35.5. The van der Waals surface area contributed by atoms with Crippen molar-refractivity contribution in [2.24, 2.45) is 0 Å². The number of hydrogen-bond acceptors (Lipinski definition) is 28. The van der Waals surface area contributed by atoms with Crippen LogP contribution in [-0.2, 0) is 60.1 Å². The lowest BCUT2D eigenvalue weighted by Crippen LogP contribution is -2.21. The number of benzene rings is 12. The first-order chi connectivity index (χ1) is 68.5. The van der Waals surface area contributed by atoms with Gasteiger partial charge in [0.1, 0.15) is 17.0 Å². The van der Waals surface area contributed by atoms with Gasteiger partial charge < -0.3 is 19.9 Å². The van der Waals surface area contributed by atoms with Gasteiger partial charge in [0, 0.05) is 63.4 Å². The predicted octanol–water partition coefficient (Wildman–Crippen LogP) is 27.6. The van der Waals surface area contributed by atoms with Gasteiger partial charge in [-0.2, -0.15) is 0 Å². The molecule has 0 aliphatic heterocycles. The Hall–Kier alpha value is -10.6. The van der Waals surface area contributed by atoms with E-state index in [0.717, 1.165) is 124 Å². The van der Waals surface area contributed by atoms with E-state index in [1.54, 1.807) is 211 Å². The molecule has 0 amide bonds. The summed E-state index contributed by atoms with van der Waals surface area (Å²) in [4.78, 5) is 32.3. The number of fused-ring (bicyclic) bond motifs is 6. The molecule has 0 atom stereocenters. The maximum atomic E-state index is 12.9. The first kappa shape index (κ1) is 112. The zero-order valence-corrected chi connectivity index (χ0v) is 95.3. The molecule has 28 nitrogen and oxygen atoms in total. The normalized spacial score (nSPS) is 11.7. The van der Waals surface area contributed by atoms with Crippen LogP contribution < -0.4 is 48.2 Å². The number of nitrogens with zero attached hydrogens (tertiary/aromatic N) is 8. The van der Waals surface area contributed by atoms with Gasteiger partial charge in [0.25, 0.3) is 60.1 Å². The van der Waals surface area contributed by atoms with Gasteiger partial charge in [-0.05, 0) is 300 Å². The molecular weight excluding hydrogens is 2200 g/mol. The Kier molecular flexibility index (Phi) is 36.1. The van der Waals surface area contributed by atoms with E-state index < -0.39 is 60.1 Å². The Labute approximate surface area is 897 Å². The number of aryl methyl sites for hydroxylation is 5.